The van der Waals surface area contributed by atoms with Crippen molar-refractivity contribution in [2.75, 3.05) is 26.8 Å². The molecule has 29 heavy (non-hydrogen) atoms. The zero-order chi connectivity index (χ0) is 21.2. The Morgan fingerprint density at radius 2 is 2.03 bits per heavy atom. The Balaban J connectivity index is 1.74. The van der Waals surface area contributed by atoms with Gasteiger partial charge in [0.2, 0.25) is 5.91 Å². The van der Waals surface area contributed by atoms with E-state index in [4.69, 9.17) is 14.1 Å². The zero-order valence-electron chi connectivity index (χ0n) is 17.5. The van der Waals surface area contributed by atoms with Crippen molar-refractivity contribution in [2.24, 2.45) is 11.8 Å². The van der Waals surface area contributed by atoms with Crippen LogP contribution < -0.4 is 0 Å². The molecule has 0 bridgehead atoms. The highest BCUT2D eigenvalue weighted by Gasteiger charge is 2.58. The highest BCUT2D eigenvalue weighted by atomic mass is 16.7. The molecule has 9 nitrogen and oxygen atoms in total. The van der Waals surface area contributed by atoms with Gasteiger partial charge in [-0.25, -0.2) is 5.06 Å². The minimum Gasteiger partial charge on any atom is -0.469 e. The molecule has 9 heteroatoms. The Bertz CT molecular complexity index is 766. The molecule has 2 aliphatic rings. The van der Waals surface area contributed by atoms with Crippen LogP contribution in [0.15, 0.2) is 10.6 Å². The number of hydroxylamine groups is 2. The number of ether oxygens (including phenoxy) is 1. The summed E-state index contributed by atoms with van der Waals surface area (Å²) in [6.07, 6.45) is 1.64. The van der Waals surface area contributed by atoms with E-state index in [2.05, 4.69) is 19.0 Å². The average molecular weight is 407 g/mol. The Kier molecular flexibility index (Phi) is 6.26. The highest BCUT2D eigenvalue weighted by Crippen LogP contribution is 2.44. The van der Waals surface area contributed by atoms with Crippen LogP contribution in [0.3, 0.4) is 0 Å². The van der Waals surface area contributed by atoms with E-state index in [1.165, 1.54) is 12.2 Å². The van der Waals surface area contributed by atoms with Crippen LogP contribution >= 0.6 is 0 Å². The normalized spacial score (nSPS) is 21.3. The highest BCUT2D eigenvalue weighted by molar-refractivity contribution is 5.92. The van der Waals surface area contributed by atoms with E-state index in [0.29, 0.717) is 44.2 Å². The first-order valence-electron chi connectivity index (χ1n) is 10.1. The van der Waals surface area contributed by atoms with E-state index in [9.17, 15) is 14.4 Å². The maximum atomic E-state index is 12.8. The largest absolute Gasteiger partial charge is 0.469 e. The first-order chi connectivity index (χ1) is 13.8. The van der Waals surface area contributed by atoms with Crippen molar-refractivity contribution in [2.45, 2.75) is 52.0 Å². The second-order valence-corrected chi connectivity index (χ2v) is 8.06. The summed E-state index contributed by atoms with van der Waals surface area (Å²) in [6.45, 7) is 7.02. The van der Waals surface area contributed by atoms with Gasteiger partial charge in [-0.05, 0) is 25.7 Å². The van der Waals surface area contributed by atoms with Gasteiger partial charge in [-0.2, -0.15) is 0 Å². The quantitative estimate of drug-likeness (QED) is 0.663. The molecule has 1 atom stereocenters. The predicted molar refractivity (Wildman–Crippen MR) is 102 cm³/mol. The van der Waals surface area contributed by atoms with Crippen LogP contribution in [0.5, 0.6) is 0 Å². The Morgan fingerprint density at radius 1 is 1.34 bits per heavy atom. The molecule has 1 aromatic rings. The fraction of sp³-hybridized carbons (Fsp3) is 0.700. The van der Waals surface area contributed by atoms with Gasteiger partial charge in [-0.3, -0.25) is 19.2 Å². The third-order valence-corrected chi connectivity index (χ3v) is 5.71. The number of methoxy groups -OCH3 is 1. The van der Waals surface area contributed by atoms with Gasteiger partial charge in [0.25, 0.3) is 5.91 Å². The SMILES string of the molecule is CCON1C(=O)CC(C(=O)OC)C12CCN(C(=O)c1cc(CC(C)C)on1)CC2. The summed E-state index contributed by atoms with van der Waals surface area (Å²) in [5, 5.41) is 5.27. The van der Waals surface area contributed by atoms with Gasteiger partial charge < -0.3 is 14.2 Å². The number of carbonyl (C=O) groups is 3. The number of esters is 1. The summed E-state index contributed by atoms with van der Waals surface area (Å²) in [5.74, 6) is -0.368. The first-order valence-corrected chi connectivity index (χ1v) is 10.1. The third-order valence-electron chi connectivity index (χ3n) is 5.71. The summed E-state index contributed by atoms with van der Waals surface area (Å²) >= 11 is 0. The summed E-state index contributed by atoms with van der Waals surface area (Å²) < 4.78 is 10.2. The van der Waals surface area contributed by atoms with Gasteiger partial charge in [0, 0.05) is 32.0 Å². The number of hydrogen-bond acceptors (Lipinski definition) is 7. The minimum absolute atomic E-state index is 0.0580. The van der Waals surface area contributed by atoms with E-state index >= 15 is 0 Å². The Morgan fingerprint density at radius 3 is 2.62 bits per heavy atom. The predicted octanol–water partition coefficient (Wildman–Crippen LogP) is 1.82. The van der Waals surface area contributed by atoms with Gasteiger partial charge in [-0.15, -0.1) is 0 Å². The molecule has 2 aliphatic heterocycles. The maximum Gasteiger partial charge on any atom is 0.311 e. The molecule has 3 heterocycles. The molecule has 0 aliphatic carbocycles. The Hall–Kier alpha value is -2.42. The molecule has 0 N–H and O–H groups in total. The van der Waals surface area contributed by atoms with E-state index in [0.717, 1.165) is 6.42 Å². The lowest BCUT2D eigenvalue weighted by Crippen LogP contribution is -2.58. The second kappa shape index (κ2) is 8.52. The van der Waals surface area contributed by atoms with Crippen LogP contribution in [0.25, 0.3) is 0 Å². The smallest absolute Gasteiger partial charge is 0.311 e. The molecule has 160 valence electrons. The monoisotopic (exact) mass is 407 g/mol. The first kappa shape index (κ1) is 21.3. The van der Waals surface area contributed by atoms with Crippen LogP contribution in [-0.2, 0) is 25.6 Å². The third kappa shape index (κ3) is 4.01. The molecule has 0 aromatic carbocycles. The number of likely N-dealkylation sites (tertiary alicyclic amines) is 1. The standard InChI is InChI=1S/C20H29N3O6/c1-5-28-23-17(24)12-15(19(26)27-4)20(23)6-8-22(9-7-20)18(25)16-11-14(29-21-16)10-13(2)3/h11,13,15H,5-10,12H2,1-4H3. The molecular formula is C20H29N3O6. The van der Waals surface area contributed by atoms with E-state index in [-0.39, 0.29) is 23.9 Å². The van der Waals surface area contributed by atoms with Gasteiger partial charge >= 0.3 is 5.97 Å². The lowest BCUT2D eigenvalue weighted by atomic mass is 9.77. The number of amides is 2. The van der Waals surface area contributed by atoms with Gasteiger partial charge in [-0.1, -0.05) is 19.0 Å². The molecule has 0 radical (unpaired) electrons. The fourth-order valence-electron chi connectivity index (χ4n) is 4.33. The molecule has 1 aromatic heterocycles. The van der Waals surface area contributed by atoms with Gasteiger partial charge in [0.05, 0.1) is 25.2 Å². The van der Waals surface area contributed by atoms with Crippen molar-refractivity contribution in [3.05, 3.63) is 17.5 Å². The van der Waals surface area contributed by atoms with Crippen LogP contribution in [0.1, 0.15) is 56.3 Å². The van der Waals surface area contributed by atoms with E-state index in [1.54, 1.807) is 17.9 Å². The summed E-state index contributed by atoms with van der Waals surface area (Å²) in [6, 6.07) is 1.69. The van der Waals surface area contributed by atoms with Crippen molar-refractivity contribution in [1.29, 1.82) is 0 Å². The number of aromatic nitrogens is 1. The summed E-state index contributed by atoms with van der Waals surface area (Å²) in [5.41, 5.74) is -0.505. The van der Waals surface area contributed by atoms with Crippen molar-refractivity contribution < 1.29 is 28.5 Å². The van der Waals surface area contributed by atoms with Crippen LogP contribution in [0.2, 0.25) is 0 Å². The average Bonchev–Trinajstić information content (AvgIpc) is 3.26. The molecule has 1 spiro atoms. The van der Waals surface area contributed by atoms with E-state index in [1.807, 2.05) is 0 Å². The molecule has 2 fully saturated rings. The molecule has 0 saturated carbocycles. The minimum atomic E-state index is -0.788. The maximum absolute atomic E-state index is 12.8. The molecule has 1 unspecified atom stereocenters. The number of piperidine rings is 1. The van der Waals surface area contributed by atoms with Gasteiger partial charge in [0.1, 0.15) is 5.76 Å². The number of nitrogens with zero attached hydrogens (tertiary/aromatic N) is 3. The number of carbonyl (C=O) groups excluding carboxylic acids is 3. The van der Waals surface area contributed by atoms with E-state index < -0.39 is 17.4 Å². The molecule has 3 rings (SSSR count). The van der Waals surface area contributed by atoms with Crippen LogP contribution in [-0.4, -0.2) is 65.2 Å². The Labute approximate surface area is 170 Å². The fourth-order valence-corrected chi connectivity index (χ4v) is 4.33. The number of hydrogen-bond donors (Lipinski definition) is 0. The molecular weight excluding hydrogens is 378 g/mol. The van der Waals surface area contributed by atoms with Crippen molar-refractivity contribution >= 4 is 17.8 Å². The van der Waals surface area contributed by atoms with Crippen LogP contribution in [0, 0.1) is 11.8 Å². The summed E-state index contributed by atoms with van der Waals surface area (Å²) in [7, 11) is 1.32. The van der Waals surface area contributed by atoms with Crippen LogP contribution in [0.4, 0.5) is 0 Å². The second-order valence-electron chi connectivity index (χ2n) is 8.06. The van der Waals surface area contributed by atoms with Crippen molar-refractivity contribution in [3.63, 3.8) is 0 Å². The van der Waals surface area contributed by atoms with Crippen molar-refractivity contribution in [1.82, 2.24) is 15.1 Å². The lowest BCUT2D eigenvalue weighted by Gasteiger charge is -2.45. The van der Waals surface area contributed by atoms with Gasteiger partial charge in [0.15, 0.2) is 5.69 Å². The summed E-state index contributed by atoms with van der Waals surface area (Å²) in [4.78, 5) is 45.0. The lowest BCUT2D eigenvalue weighted by molar-refractivity contribution is -0.220. The number of rotatable bonds is 6. The zero-order valence-corrected chi connectivity index (χ0v) is 17.5. The molecule has 2 amide bonds. The van der Waals surface area contributed by atoms with Crippen molar-refractivity contribution in [3.8, 4) is 0 Å². The topological polar surface area (TPSA) is 102 Å². The molecule has 2 saturated heterocycles.